The second-order valence-corrected chi connectivity index (χ2v) is 10.9. The lowest BCUT2D eigenvalue weighted by molar-refractivity contribution is 0.180. The molecule has 0 amide bonds. The highest BCUT2D eigenvalue weighted by Crippen LogP contribution is 2.30. The van der Waals surface area contributed by atoms with Crippen molar-refractivity contribution < 1.29 is 0 Å². The van der Waals surface area contributed by atoms with Gasteiger partial charge in [-0.05, 0) is 30.5 Å². The number of nitrogens with zero attached hydrogens (tertiary/aromatic N) is 4. The molecule has 3 N–H and O–H groups in total. The minimum atomic E-state index is -0.206. The summed E-state index contributed by atoms with van der Waals surface area (Å²) in [5.41, 5.74) is 7.43. The average Bonchev–Trinajstić information content (AvgIpc) is 3.66. The maximum Gasteiger partial charge on any atom is 0.326 e. The number of rotatable bonds is 7. The molecule has 3 aromatic carbocycles. The van der Waals surface area contributed by atoms with Crippen LogP contribution >= 0.6 is 0 Å². The van der Waals surface area contributed by atoms with Gasteiger partial charge in [-0.25, -0.2) is 14.8 Å². The summed E-state index contributed by atoms with van der Waals surface area (Å²) >= 11 is 0. The van der Waals surface area contributed by atoms with Gasteiger partial charge in [0.05, 0.1) is 28.7 Å². The summed E-state index contributed by atoms with van der Waals surface area (Å²) < 4.78 is 1.93. The first-order valence-corrected chi connectivity index (χ1v) is 14.3. The van der Waals surface area contributed by atoms with Crippen LogP contribution in [-0.4, -0.2) is 47.5 Å². The standard InChI is InChI=1S/C33H31N7O2/c41-32-28(18-25-19-34-21-35-25)36-30(31(38-32)23-6-2-1-3-7-23)24-12-10-22(11-13-24)20-39-16-14-26(15-17-39)40-29-9-5-4-8-27(29)37-33(40)42/h1-13,19,21,26H,14-18,20H2,(H,34,35)(H,37,42)(H,38,41). The van der Waals surface area contributed by atoms with Crippen molar-refractivity contribution in [2.75, 3.05) is 13.1 Å². The fourth-order valence-electron chi connectivity index (χ4n) is 5.99. The number of imidazole rings is 2. The van der Waals surface area contributed by atoms with Crippen LogP contribution in [0.3, 0.4) is 0 Å². The summed E-state index contributed by atoms with van der Waals surface area (Å²) in [5, 5.41) is 0. The molecule has 0 radical (unpaired) electrons. The van der Waals surface area contributed by atoms with Crippen LogP contribution < -0.4 is 11.2 Å². The van der Waals surface area contributed by atoms with Gasteiger partial charge in [-0.1, -0.05) is 66.7 Å². The number of likely N-dealkylation sites (tertiary alicyclic amines) is 1. The van der Waals surface area contributed by atoms with E-state index in [1.807, 2.05) is 59.2 Å². The van der Waals surface area contributed by atoms with E-state index in [9.17, 15) is 9.59 Å². The zero-order valence-electron chi connectivity index (χ0n) is 23.1. The molecule has 1 aliphatic heterocycles. The van der Waals surface area contributed by atoms with E-state index in [1.54, 1.807) is 12.5 Å². The molecule has 42 heavy (non-hydrogen) atoms. The molecule has 0 spiro atoms. The molecule has 9 heteroatoms. The number of para-hydroxylation sites is 2. The van der Waals surface area contributed by atoms with Gasteiger partial charge < -0.3 is 15.0 Å². The van der Waals surface area contributed by atoms with Gasteiger partial charge in [-0.3, -0.25) is 14.3 Å². The molecule has 1 aliphatic rings. The van der Waals surface area contributed by atoms with Crippen molar-refractivity contribution in [3.63, 3.8) is 0 Å². The van der Waals surface area contributed by atoms with E-state index in [0.717, 1.165) is 66.0 Å². The Morgan fingerprint density at radius 3 is 2.36 bits per heavy atom. The zero-order chi connectivity index (χ0) is 28.5. The zero-order valence-corrected chi connectivity index (χ0v) is 23.1. The van der Waals surface area contributed by atoms with E-state index >= 15 is 0 Å². The minimum Gasteiger partial charge on any atom is -0.348 e. The number of piperidine rings is 1. The molecular weight excluding hydrogens is 526 g/mol. The third kappa shape index (κ3) is 5.10. The van der Waals surface area contributed by atoms with E-state index in [2.05, 4.69) is 49.1 Å². The molecule has 0 unspecified atom stereocenters. The van der Waals surface area contributed by atoms with Gasteiger partial charge in [-0.15, -0.1) is 0 Å². The highest BCUT2D eigenvalue weighted by molar-refractivity contribution is 5.78. The van der Waals surface area contributed by atoms with Gasteiger partial charge >= 0.3 is 5.69 Å². The van der Waals surface area contributed by atoms with Crippen LogP contribution in [0.5, 0.6) is 0 Å². The van der Waals surface area contributed by atoms with E-state index in [0.29, 0.717) is 17.8 Å². The smallest absolute Gasteiger partial charge is 0.326 e. The van der Waals surface area contributed by atoms with Crippen molar-refractivity contribution in [1.29, 1.82) is 0 Å². The molecule has 0 atom stereocenters. The molecule has 1 fully saturated rings. The summed E-state index contributed by atoms with van der Waals surface area (Å²) in [6.07, 6.45) is 5.55. The van der Waals surface area contributed by atoms with E-state index < -0.39 is 0 Å². The maximum atomic E-state index is 13.0. The predicted molar refractivity (Wildman–Crippen MR) is 163 cm³/mol. The fraction of sp³-hybridized carbons (Fsp3) is 0.212. The number of aromatic nitrogens is 6. The summed E-state index contributed by atoms with van der Waals surface area (Å²) in [5.74, 6) is 0. The molecule has 9 nitrogen and oxygen atoms in total. The highest BCUT2D eigenvalue weighted by Gasteiger charge is 2.24. The Bertz CT molecular complexity index is 1930. The van der Waals surface area contributed by atoms with Gasteiger partial charge in [0.2, 0.25) is 0 Å². The van der Waals surface area contributed by atoms with E-state index in [4.69, 9.17) is 4.98 Å². The molecular formula is C33H31N7O2. The number of fused-ring (bicyclic) bond motifs is 1. The first-order valence-electron chi connectivity index (χ1n) is 14.3. The van der Waals surface area contributed by atoms with Gasteiger partial charge in [0.15, 0.2) is 0 Å². The summed E-state index contributed by atoms with van der Waals surface area (Å²) in [7, 11) is 0. The van der Waals surface area contributed by atoms with Crippen LogP contribution in [0, 0.1) is 0 Å². The van der Waals surface area contributed by atoms with Crippen molar-refractivity contribution >= 4 is 11.0 Å². The largest absolute Gasteiger partial charge is 0.348 e. The molecule has 7 rings (SSSR count). The van der Waals surface area contributed by atoms with Gasteiger partial charge in [0.1, 0.15) is 5.69 Å². The fourth-order valence-corrected chi connectivity index (χ4v) is 5.99. The number of hydrogen-bond acceptors (Lipinski definition) is 5. The number of H-pyrrole nitrogens is 3. The lowest BCUT2D eigenvalue weighted by atomic mass is 10.0. The Morgan fingerprint density at radius 1 is 0.833 bits per heavy atom. The Balaban J connectivity index is 1.10. The second kappa shape index (κ2) is 11.1. The Labute approximate surface area is 241 Å². The van der Waals surface area contributed by atoms with Crippen LogP contribution in [0.25, 0.3) is 33.5 Å². The molecule has 210 valence electrons. The van der Waals surface area contributed by atoms with Crippen LogP contribution in [-0.2, 0) is 13.0 Å². The number of hydrogen-bond donors (Lipinski definition) is 3. The first kappa shape index (κ1) is 25.9. The predicted octanol–water partition coefficient (Wildman–Crippen LogP) is 4.90. The molecule has 1 saturated heterocycles. The normalized spacial score (nSPS) is 14.5. The van der Waals surface area contributed by atoms with Gasteiger partial charge in [0, 0.05) is 55.1 Å². The summed E-state index contributed by atoms with van der Waals surface area (Å²) in [4.78, 5) is 46.2. The third-order valence-corrected chi connectivity index (χ3v) is 8.14. The van der Waals surface area contributed by atoms with Gasteiger partial charge in [0.25, 0.3) is 5.56 Å². The molecule has 0 bridgehead atoms. The average molecular weight is 558 g/mol. The molecule has 6 aromatic rings. The molecule has 4 heterocycles. The monoisotopic (exact) mass is 557 g/mol. The van der Waals surface area contributed by atoms with Crippen molar-refractivity contribution in [3.8, 4) is 22.5 Å². The third-order valence-electron chi connectivity index (χ3n) is 8.14. The topological polar surface area (TPSA) is 115 Å². The van der Waals surface area contributed by atoms with Crippen molar-refractivity contribution in [1.82, 2.24) is 34.4 Å². The van der Waals surface area contributed by atoms with E-state index in [-0.39, 0.29) is 17.3 Å². The maximum absolute atomic E-state index is 13.0. The Kier molecular flexibility index (Phi) is 6.85. The summed E-state index contributed by atoms with van der Waals surface area (Å²) in [6, 6.07) is 26.4. The van der Waals surface area contributed by atoms with Crippen LogP contribution in [0.15, 0.2) is 101 Å². The second-order valence-electron chi connectivity index (χ2n) is 10.9. The van der Waals surface area contributed by atoms with Crippen LogP contribution in [0.2, 0.25) is 0 Å². The van der Waals surface area contributed by atoms with Crippen LogP contribution in [0.4, 0.5) is 0 Å². The highest BCUT2D eigenvalue weighted by atomic mass is 16.1. The van der Waals surface area contributed by atoms with Crippen LogP contribution in [0.1, 0.15) is 35.8 Å². The van der Waals surface area contributed by atoms with Crippen molar-refractivity contribution in [2.45, 2.75) is 31.8 Å². The van der Waals surface area contributed by atoms with Crippen molar-refractivity contribution in [2.24, 2.45) is 0 Å². The number of nitrogens with one attached hydrogen (secondary N) is 3. The minimum absolute atomic E-state index is 0.0244. The lowest BCUT2D eigenvalue weighted by Gasteiger charge is -2.32. The van der Waals surface area contributed by atoms with Crippen molar-refractivity contribution in [3.05, 3.63) is 129 Å². The Hall–Kier alpha value is -5.02. The molecule has 0 aliphatic carbocycles. The quantitative estimate of drug-likeness (QED) is 0.258. The molecule has 3 aromatic heterocycles. The molecule has 0 saturated carbocycles. The van der Waals surface area contributed by atoms with Gasteiger partial charge in [-0.2, -0.15) is 0 Å². The van der Waals surface area contributed by atoms with E-state index in [1.165, 1.54) is 5.56 Å². The summed E-state index contributed by atoms with van der Waals surface area (Å²) in [6.45, 7) is 2.69. The Morgan fingerprint density at radius 2 is 1.60 bits per heavy atom. The first-order chi connectivity index (χ1) is 20.6. The number of aromatic amines is 3. The lowest BCUT2D eigenvalue weighted by Crippen LogP contribution is -2.36. The SMILES string of the molecule is O=c1[nH]c(-c2ccccc2)c(-c2ccc(CN3CCC(n4c(=O)[nH]c5ccccc54)CC3)cc2)nc1Cc1cnc[nH]1. The number of benzene rings is 3.